The minimum atomic E-state index is 0.389. The van der Waals surface area contributed by atoms with Gasteiger partial charge in [0.05, 0.1) is 4.47 Å². The first-order valence-electron chi connectivity index (χ1n) is 5.59. The van der Waals surface area contributed by atoms with Gasteiger partial charge in [-0.2, -0.15) is 0 Å². The standard InChI is InChI=1S/C11H15BrClN3/c12-9-6-15-11(16-7-9)14-5-8-1-3-10(13)4-2-8/h6-8,10H,1-5H2,(H,14,15,16). The number of rotatable bonds is 3. The summed E-state index contributed by atoms with van der Waals surface area (Å²) in [5.74, 6) is 1.42. The smallest absolute Gasteiger partial charge is 0.222 e. The molecule has 2 rings (SSSR count). The maximum atomic E-state index is 6.07. The molecule has 0 bridgehead atoms. The zero-order chi connectivity index (χ0) is 11.4. The highest BCUT2D eigenvalue weighted by molar-refractivity contribution is 9.10. The summed E-state index contributed by atoms with van der Waals surface area (Å²) >= 11 is 9.38. The van der Waals surface area contributed by atoms with Crippen LogP contribution >= 0.6 is 27.5 Å². The molecule has 1 aromatic rings. The van der Waals surface area contributed by atoms with E-state index in [1.54, 1.807) is 12.4 Å². The molecule has 0 aliphatic heterocycles. The van der Waals surface area contributed by atoms with Crippen LogP contribution in [0.5, 0.6) is 0 Å². The Morgan fingerprint density at radius 2 is 1.88 bits per heavy atom. The molecule has 0 atom stereocenters. The van der Waals surface area contributed by atoms with Crippen LogP contribution in [0.25, 0.3) is 0 Å². The predicted octanol–water partition coefficient (Wildman–Crippen LogP) is 3.45. The van der Waals surface area contributed by atoms with Gasteiger partial charge in [0.2, 0.25) is 5.95 Å². The van der Waals surface area contributed by atoms with Gasteiger partial charge >= 0.3 is 0 Å². The Balaban J connectivity index is 1.77. The van der Waals surface area contributed by atoms with Crippen molar-refractivity contribution < 1.29 is 0 Å². The van der Waals surface area contributed by atoms with Crippen LogP contribution in [-0.4, -0.2) is 21.9 Å². The summed E-state index contributed by atoms with van der Waals surface area (Å²) in [5.41, 5.74) is 0. The Hall–Kier alpha value is -0.350. The average molecular weight is 305 g/mol. The fraction of sp³-hybridized carbons (Fsp3) is 0.636. The average Bonchev–Trinajstić information content (AvgIpc) is 2.30. The molecule has 88 valence electrons. The van der Waals surface area contributed by atoms with Crippen molar-refractivity contribution in [3.8, 4) is 0 Å². The van der Waals surface area contributed by atoms with E-state index >= 15 is 0 Å². The van der Waals surface area contributed by atoms with Crippen molar-refractivity contribution in [3.63, 3.8) is 0 Å². The van der Waals surface area contributed by atoms with Gasteiger partial charge in [0.25, 0.3) is 0 Å². The Morgan fingerprint density at radius 1 is 1.25 bits per heavy atom. The van der Waals surface area contributed by atoms with Crippen LogP contribution in [0.1, 0.15) is 25.7 Å². The fourth-order valence-electron chi connectivity index (χ4n) is 1.97. The number of aromatic nitrogens is 2. The normalized spacial score (nSPS) is 25.4. The summed E-state index contributed by atoms with van der Waals surface area (Å²) < 4.78 is 0.903. The molecule has 1 aliphatic carbocycles. The van der Waals surface area contributed by atoms with E-state index in [9.17, 15) is 0 Å². The van der Waals surface area contributed by atoms with E-state index < -0.39 is 0 Å². The number of halogens is 2. The molecule has 1 heterocycles. The molecule has 0 spiro atoms. The zero-order valence-corrected chi connectivity index (χ0v) is 11.3. The number of hydrogen-bond acceptors (Lipinski definition) is 3. The summed E-state index contributed by atoms with van der Waals surface area (Å²) in [6, 6.07) is 0. The van der Waals surface area contributed by atoms with Crippen LogP contribution in [0.15, 0.2) is 16.9 Å². The van der Waals surface area contributed by atoms with Gasteiger partial charge in [0, 0.05) is 24.3 Å². The van der Waals surface area contributed by atoms with Crippen molar-refractivity contribution in [2.45, 2.75) is 31.1 Å². The van der Waals surface area contributed by atoms with Crippen molar-refractivity contribution in [1.82, 2.24) is 9.97 Å². The third-order valence-electron chi connectivity index (χ3n) is 2.95. The Kier molecular flexibility index (Phi) is 4.41. The molecule has 5 heteroatoms. The topological polar surface area (TPSA) is 37.8 Å². The summed E-state index contributed by atoms with van der Waals surface area (Å²) in [5, 5.41) is 3.66. The van der Waals surface area contributed by atoms with E-state index in [-0.39, 0.29) is 0 Å². The number of nitrogens with one attached hydrogen (secondary N) is 1. The summed E-state index contributed by atoms with van der Waals surface area (Å²) in [4.78, 5) is 8.36. The maximum absolute atomic E-state index is 6.07. The van der Waals surface area contributed by atoms with E-state index in [0.717, 1.165) is 23.9 Å². The molecule has 1 saturated carbocycles. The minimum absolute atomic E-state index is 0.389. The van der Waals surface area contributed by atoms with Gasteiger partial charge in [-0.3, -0.25) is 0 Å². The maximum Gasteiger partial charge on any atom is 0.222 e. The van der Waals surface area contributed by atoms with Gasteiger partial charge in [-0.1, -0.05) is 0 Å². The second kappa shape index (κ2) is 5.82. The van der Waals surface area contributed by atoms with E-state index in [0.29, 0.717) is 17.2 Å². The number of hydrogen-bond donors (Lipinski definition) is 1. The Labute approximate surface area is 109 Å². The molecule has 1 aliphatic rings. The first-order valence-corrected chi connectivity index (χ1v) is 6.82. The van der Waals surface area contributed by atoms with Crippen molar-refractivity contribution in [2.24, 2.45) is 5.92 Å². The third-order valence-corrected chi connectivity index (χ3v) is 3.79. The van der Waals surface area contributed by atoms with Crippen molar-refractivity contribution in [1.29, 1.82) is 0 Å². The fourth-order valence-corrected chi connectivity index (χ4v) is 2.42. The van der Waals surface area contributed by atoms with E-state index in [4.69, 9.17) is 11.6 Å². The molecule has 0 unspecified atom stereocenters. The van der Waals surface area contributed by atoms with Gasteiger partial charge in [-0.25, -0.2) is 9.97 Å². The monoisotopic (exact) mass is 303 g/mol. The highest BCUT2D eigenvalue weighted by Crippen LogP contribution is 2.27. The highest BCUT2D eigenvalue weighted by atomic mass is 79.9. The van der Waals surface area contributed by atoms with Crippen molar-refractivity contribution in [3.05, 3.63) is 16.9 Å². The molecule has 1 N–H and O–H groups in total. The van der Waals surface area contributed by atoms with Crippen molar-refractivity contribution >= 4 is 33.5 Å². The Morgan fingerprint density at radius 3 is 2.50 bits per heavy atom. The van der Waals surface area contributed by atoms with Crippen LogP contribution in [0.2, 0.25) is 0 Å². The van der Waals surface area contributed by atoms with Crippen molar-refractivity contribution in [2.75, 3.05) is 11.9 Å². The van der Waals surface area contributed by atoms with Crippen LogP contribution in [-0.2, 0) is 0 Å². The summed E-state index contributed by atoms with van der Waals surface area (Å²) in [6.45, 7) is 0.950. The lowest BCUT2D eigenvalue weighted by Gasteiger charge is -2.24. The molecule has 1 fully saturated rings. The largest absolute Gasteiger partial charge is 0.354 e. The zero-order valence-electron chi connectivity index (χ0n) is 9.00. The first-order chi connectivity index (χ1) is 7.74. The van der Waals surface area contributed by atoms with E-state index in [2.05, 4.69) is 31.2 Å². The lowest BCUT2D eigenvalue weighted by Crippen LogP contribution is -2.21. The molecular formula is C11H15BrClN3. The molecule has 3 nitrogen and oxygen atoms in total. The quantitative estimate of drug-likeness (QED) is 0.869. The lowest BCUT2D eigenvalue weighted by molar-refractivity contribution is 0.377. The van der Waals surface area contributed by atoms with Gasteiger partial charge < -0.3 is 5.32 Å². The number of anilines is 1. The third kappa shape index (κ3) is 3.59. The first kappa shape index (κ1) is 12.1. The van der Waals surface area contributed by atoms with E-state index in [1.807, 2.05) is 0 Å². The summed E-state index contributed by atoms with van der Waals surface area (Å²) in [6.07, 6.45) is 8.19. The molecule has 16 heavy (non-hydrogen) atoms. The van der Waals surface area contributed by atoms with Crippen LogP contribution < -0.4 is 5.32 Å². The van der Waals surface area contributed by atoms with Crippen LogP contribution in [0.4, 0.5) is 5.95 Å². The Bertz CT molecular complexity index is 323. The van der Waals surface area contributed by atoms with Gasteiger partial charge in [-0.15, -0.1) is 11.6 Å². The summed E-state index contributed by atoms with van der Waals surface area (Å²) in [7, 11) is 0. The van der Waals surface area contributed by atoms with Crippen LogP contribution in [0, 0.1) is 5.92 Å². The minimum Gasteiger partial charge on any atom is -0.354 e. The van der Waals surface area contributed by atoms with Gasteiger partial charge in [0.15, 0.2) is 0 Å². The molecule has 0 amide bonds. The van der Waals surface area contributed by atoms with E-state index in [1.165, 1.54) is 12.8 Å². The number of alkyl halides is 1. The highest BCUT2D eigenvalue weighted by Gasteiger charge is 2.19. The molecule has 0 saturated heterocycles. The molecule has 0 aromatic carbocycles. The molecule has 0 radical (unpaired) electrons. The second-order valence-electron chi connectivity index (χ2n) is 4.22. The predicted molar refractivity (Wildman–Crippen MR) is 69.8 cm³/mol. The lowest BCUT2D eigenvalue weighted by atomic mass is 9.89. The van der Waals surface area contributed by atoms with Crippen LogP contribution in [0.3, 0.4) is 0 Å². The second-order valence-corrected chi connectivity index (χ2v) is 5.76. The van der Waals surface area contributed by atoms with Gasteiger partial charge in [-0.05, 0) is 47.5 Å². The molecule has 1 aromatic heterocycles. The van der Waals surface area contributed by atoms with Gasteiger partial charge in [0.1, 0.15) is 0 Å². The number of nitrogens with zero attached hydrogens (tertiary/aromatic N) is 2. The molecular weight excluding hydrogens is 289 g/mol. The SMILES string of the molecule is ClC1CCC(CNc2ncc(Br)cn2)CC1.